The van der Waals surface area contributed by atoms with Crippen LogP contribution in [0.3, 0.4) is 0 Å². The maximum absolute atomic E-state index is 13.0. The minimum absolute atomic E-state index is 0.0878. The molecule has 1 atom stereocenters. The van der Waals surface area contributed by atoms with E-state index in [1.807, 2.05) is 83.8 Å². The van der Waals surface area contributed by atoms with Crippen LogP contribution < -0.4 is 14.8 Å². The third-order valence-corrected chi connectivity index (χ3v) is 6.16. The summed E-state index contributed by atoms with van der Waals surface area (Å²) in [6.45, 7) is 1.18. The Balaban J connectivity index is 1.48. The number of rotatable bonds is 6. The summed E-state index contributed by atoms with van der Waals surface area (Å²) in [4.78, 5) is 14.8. The number of anilines is 1. The number of para-hydroxylation sites is 1. The average Bonchev–Trinajstić information content (AvgIpc) is 3.29. The molecule has 0 aliphatic carbocycles. The fourth-order valence-corrected chi connectivity index (χ4v) is 4.64. The van der Waals surface area contributed by atoms with Crippen LogP contribution in [0, 0.1) is 0 Å². The van der Waals surface area contributed by atoms with Crippen LogP contribution in [0.1, 0.15) is 16.5 Å². The van der Waals surface area contributed by atoms with Crippen LogP contribution in [0.5, 0.6) is 11.5 Å². The second kappa shape index (κ2) is 9.59. The Kier molecular flexibility index (Phi) is 6.44. The minimum atomic E-state index is -0.118. The van der Waals surface area contributed by atoms with Gasteiger partial charge in [-0.2, -0.15) is 0 Å². The summed E-state index contributed by atoms with van der Waals surface area (Å²) in [5.74, 6) is 2.45. The molecule has 1 heterocycles. The van der Waals surface area contributed by atoms with Crippen LogP contribution in [-0.4, -0.2) is 30.3 Å². The summed E-state index contributed by atoms with van der Waals surface area (Å²) in [6.07, 6.45) is 0. The molecule has 1 fully saturated rings. The van der Waals surface area contributed by atoms with E-state index in [1.165, 1.54) is 0 Å². The number of hydrogen-bond acceptors (Lipinski definition) is 4. The molecule has 0 saturated carbocycles. The highest BCUT2D eigenvalue weighted by Crippen LogP contribution is 2.42. The fourth-order valence-electron chi connectivity index (χ4n) is 3.36. The molecule has 0 radical (unpaired) electrons. The lowest BCUT2D eigenvalue weighted by Crippen LogP contribution is -2.34. The number of benzene rings is 3. The molecule has 0 unspecified atom stereocenters. The lowest BCUT2D eigenvalue weighted by molar-refractivity contribution is 0.213. The fraction of sp³-hybridized carbons (Fsp3) is 0.208. The van der Waals surface area contributed by atoms with Gasteiger partial charge in [0.2, 0.25) is 0 Å². The molecule has 3 aromatic carbocycles. The maximum atomic E-state index is 13.0. The molecule has 154 valence electrons. The van der Waals surface area contributed by atoms with Crippen LogP contribution in [0.4, 0.5) is 10.5 Å². The van der Waals surface area contributed by atoms with E-state index in [4.69, 9.17) is 9.47 Å². The second-order valence-corrected chi connectivity index (χ2v) is 8.08. The van der Waals surface area contributed by atoms with Gasteiger partial charge in [-0.3, -0.25) is 0 Å². The number of thioether (sulfide) groups is 1. The third-order valence-electron chi connectivity index (χ3n) is 4.92. The monoisotopic (exact) mass is 420 g/mol. The van der Waals surface area contributed by atoms with E-state index < -0.39 is 0 Å². The maximum Gasteiger partial charge on any atom is 0.323 e. The Hall–Kier alpha value is -3.12. The van der Waals surface area contributed by atoms with Gasteiger partial charge in [-0.1, -0.05) is 48.5 Å². The number of amides is 2. The molecular weight excluding hydrogens is 396 g/mol. The molecule has 1 N–H and O–H groups in total. The molecule has 0 bridgehead atoms. The van der Waals surface area contributed by atoms with Gasteiger partial charge in [-0.15, -0.1) is 11.8 Å². The molecule has 30 heavy (non-hydrogen) atoms. The SMILES string of the molecule is COc1ccc(NC(=O)N2CCS[C@@H]2c2ccccc2OCc2ccccc2)cc1. The van der Waals surface area contributed by atoms with Crippen LogP contribution in [0.15, 0.2) is 78.9 Å². The van der Waals surface area contributed by atoms with Gasteiger partial charge in [0, 0.05) is 23.5 Å². The Morgan fingerprint density at radius 1 is 1.03 bits per heavy atom. The number of carbonyl (C=O) groups is 1. The second-order valence-electron chi connectivity index (χ2n) is 6.89. The summed E-state index contributed by atoms with van der Waals surface area (Å²) in [7, 11) is 1.62. The van der Waals surface area contributed by atoms with E-state index >= 15 is 0 Å². The highest BCUT2D eigenvalue weighted by atomic mass is 32.2. The van der Waals surface area contributed by atoms with Gasteiger partial charge in [0.1, 0.15) is 23.5 Å². The Labute approximate surface area is 181 Å². The molecule has 2 amide bonds. The number of methoxy groups -OCH3 is 1. The zero-order chi connectivity index (χ0) is 20.8. The van der Waals surface area contributed by atoms with E-state index in [2.05, 4.69) is 5.32 Å². The molecule has 0 aromatic heterocycles. The third kappa shape index (κ3) is 4.71. The summed E-state index contributed by atoms with van der Waals surface area (Å²) >= 11 is 1.75. The van der Waals surface area contributed by atoms with E-state index in [0.717, 1.165) is 34.1 Å². The average molecular weight is 421 g/mol. The van der Waals surface area contributed by atoms with Crippen LogP contribution in [0.2, 0.25) is 0 Å². The van der Waals surface area contributed by atoms with Gasteiger partial charge in [0.25, 0.3) is 0 Å². The predicted molar refractivity (Wildman–Crippen MR) is 121 cm³/mol. The molecular formula is C24H24N2O3S. The minimum Gasteiger partial charge on any atom is -0.497 e. The first-order chi connectivity index (χ1) is 14.7. The summed E-state index contributed by atoms with van der Waals surface area (Å²) < 4.78 is 11.3. The van der Waals surface area contributed by atoms with Gasteiger partial charge in [0.05, 0.1) is 7.11 Å². The zero-order valence-electron chi connectivity index (χ0n) is 16.8. The van der Waals surface area contributed by atoms with Gasteiger partial charge < -0.3 is 19.7 Å². The van der Waals surface area contributed by atoms with Crippen molar-refractivity contribution >= 4 is 23.5 Å². The lowest BCUT2D eigenvalue weighted by atomic mass is 10.1. The van der Waals surface area contributed by atoms with Gasteiger partial charge in [-0.05, 0) is 35.9 Å². The van der Waals surface area contributed by atoms with E-state index in [1.54, 1.807) is 18.9 Å². The Morgan fingerprint density at radius 2 is 1.77 bits per heavy atom. The van der Waals surface area contributed by atoms with E-state index in [0.29, 0.717) is 13.2 Å². The largest absolute Gasteiger partial charge is 0.497 e. The summed E-state index contributed by atoms with van der Waals surface area (Å²) in [5.41, 5.74) is 2.87. The number of nitrogens with one attached hydrogen (secondary N) is 1. The number of urea groups is 1. The number of ether oxygens (including phenoxy) is 2. The van der Waals surface area contributed by atoms with Crippen molar-refractivity contribution in [3.05, 3.63) is 90.0 Å². The molecule has 5 nitrogen and oxygen atoms in total. The van der Waals surface area contributed by atoms with Crippen molar-refractivity contribution in [2.75, 3.05) is 24.7 Å². The molecule has 1 aliphatic rings. The van der Waals surface area contributed by atoms with Gasteiger partial charge in [-0.25, -0.2) is 4.79 Å². The van der Waals surface area contributed by atoms with Crippen molar-refractivity contribution < 1.29 is 14.3 Å². The first kappa shape index (κ1) is 20.2. The smallest absolute Gasteiger partial charge is 0.323 e. The van der Waals surface area contributed by atoms with Crippen molar-refractivity contribution in [1.82, 2.24) is 4.90 Å². The topological polar surface area (TPSA) is 50.8 Å². The van der Waals surface area contributed by atoms with Crippen LogP contribution in [0.25, 0.3) is 0 Å². The summed E-state index contributed by atoms with van der Waals surface area (Å²) in [5, 5.41) is 2.90. The standard InChI is InChI=1S/C24H24N2O3S/c1-28-20-13-11-19(12-14-20)25-24(27)26-15-16-30-23(26)21-9-5-6-10-22(21)29-17-18-7-3-2-4-8-18/h2-14,23H,15-17H2,1H3,(H,25,27)/t23-/m1/s1. The molecule has 4 rings (SSSR count). The van der Waals surface area contributed by atoms with Gasteiger partial charge in [0.15, 0.2) is 0 Å². The Bertz CT molecular complexity index is 979. The number of carbonyl (C=O) groups excluding carboxylic acids is 1. The van der Waals surface area contributed by atoms with Crippen LogP contribution >= 0.6 is 11.8 Å². The predicted octanol–water partition coefficient (Wildman–Crippen LogP) is 5.55. The molecule has 1 saturated heterocycles. The normalized spacial score (nSPS) is 15.6. The number of nitrogens with zero attached hydrogens (tertiary/aromatic N) is 1. The van der Waals surface area contributed by atoms with Crippen molar-refractivity contribution in [2.45, 2.75) is 12.0 Å². The molecule has 3 aromatic rings. The van der Waals surface area contributed by atoms with E-state index in [9.17, 15) is 4.79 Å². The molecule has 1 aliphatic heterocycles. The van der Waals surface area contributed by atoms with Crippen molar-refractivity contribution in [1.29, 1.82) is 0 Å². The zero-order valence-corrected chi connectivity index (χ0v) is 17.6. The highest BCUT2D eigenvalue weighted by Gasteiger charge is 2.32. The lowest BCUT2D eigenvalue weighted by Gasteiger charge is -2.26. The van der Waals surface area contributed by atoms with E-state index in [-0.39, 0.29) is 11.4 Å². The molecule has 6 heteroatoms. The van der Waals surface area contributed by atoms with Crippen LogP contribution in [-0.2, 0) is 6.61 Å². The Morgan fingerprint density at radius 3 is 2.53 bits per heavy atom. The van der Waals surface area contributed by atoms with Crippen molar-refractivity contribution in [2.24, 2.45) is 0 Å². The van der Waals surface area contributed by atoms with Crippen molar-refractivity contribution in [3.63, 3.8) is 0 Å². The first-order valence-corrected chi connectivity index (χ1v) is 10.9. The quantitative estimate of drug-likeness (QED) is 0.568. The molecule has 0 spiro atoms. The first-order valence-electron chi connectivity index (χ1n) is 9.83. The van der Waals surface area contributed by atoms with Gasteiger partial charge >= 0.3 is 6.03 Å². The highest BCUT2D eigenvalue weighted by molar-refractivity contribution is 7.99. The number of hydrogen-bond donors (Lipinski definition) is 1. The summed E-state index contributed by atoms with van der Waals surface area (Å²) in [6, 6.07) is 25.3. The van der Waals surface area contributed by atoms with Crippen molar-refractivity contribution in [3.8, 4) is 11.5 Å².